The van der Waals surface area contributed by atoms with Gasteiger partial charge in [-0.3, -0.25) is 28.8 Å². The summed E-state index contributed by atoms with van der Waals surface area (Å²) in [4.78, 5) is 31.0. The van der Waals surface area contributed by atoms with Gasteiger partial charge in [-0.05, 0) is 92.1 Å². The zero-order valence-electron chi connectivity index (χ0n) is 41.0. The molecule has 6 N–H and O–H groups in total. The van der Waals surface area contributed by atoms with E-state index in [1.807, 2.05) is 0 Å². The van der Waals surface area contributed by atoms with Gasteiger partial charge in [-0.2, -0.15) is 31.3 Å². The van der Waals surface area contributed by atoms with E-state index >= 15 is 0 Å². The van der Waals surface area contributed by atoms with E-state index in [2.05, 4.69) is 37.6 Å². The molecule has 27 heteroatoms. The molecule has 1 aliphatic rings. The lowest BCUT2D eigenvalue weighted by Crippen LogP contribution is -2.36. The van der Waals surface area contributed by atoms with Crippen molar-refractivity contribution < 1.29 is 58.5 Å². The van der Waals surface area contributed by atoms with Gasteiger partial charge in [-0.1, -0.05) is 111 Å². The number of methoxy groups -OCH3 is 1. The normalized spacial score (nSPS) is 15.2. The van der Waals surface area contributed by atoms with E-state index in [0.29, 0.717) is 35.9 Å². The molecule has 20 nitrogen and oxygen atoms in total. The van der Waals surface area contributed by atoms with E-state index in [0.717, 1.165) is 30.7 Å². The van der Waals surface area contributed by atoms with Crippen molar-refractivity contribution in [1.82, 2.24) is 5.43 Å². The molecule has 0 saturated carbocycles. The molecule has 76 heavy (non-hydrogen) atoms. The van der Waals surface area contributed by atoms with Gasteiger partial charge in [-0.25, -0.2) is 10.0 Å². The third-order valence-corrected chi connectivity index (χ3v) is 15.0. The number of halogens is 4. The van der Waals surface area contributed by atoms with Gasteiger partial charge < -0.3 is 24.1 Å². The van der Waals surface area contributed by atoms with Gasteiger partial charge in [0.2, 0.25) is 6.04 Å². The fourth-order valence-corrected chi connectivity index (χ4v) is 10.5. The summed E-state index contributed by atoms with van der Waals surface area (Å²) in [6.07, 6.45) is 10.6. The van der Waals surface area contributed by atoms with E-state index in [-0.39, 0.29) is 65.9 Å². The molecular formula is C49H53Cl4N7O13S3. The number of amidine groups is 1. The van der Waals surface area contributed by atoms with E-state index in [1.165, 1.54) is 94.2 Å². The van der Waals surface area contributed by atoms with Crippen molar-refractivity contribution in [2.75, 3.05) is 22.2 Å². The van der Waals surface area contributed by atoms with Gasteiger partial charge in [-0.15, -0.1) is 0 Å². The van der Waals surface area contributed by atoms with E-state index in [4.69, 9.17) is 60.1 Å². The molecule has 5 aromatic carbocycles. The molecular weight excluding hydrogens is 1130 g/mol. The van der Waals surface area contributed by atoms with Gasteiger partial charge >= 0.3 is 11.3 Å². The molecule has 5 aromatic rings. The smallest absolute Gasteiger partial charge is 0.316 e. The van der Waals surface area contributed by atoms with Crippen LogP contribution >= 0.6 is 46.4 Å². The Balaban J connectivity index is 1.24. The fourth-order valence-electron chi connectivity index (χ4n) is 7.57. The number of nitrogens with one attached hydrogen (secondary N) is 3. The third-order valence-electron chi connectivity index (χ3n) is 11.4. The molecule has 1 fully saturated rings. The first-order valence-corrected chi connectivity index (χ1v) is 29.0. The number of hydrogen-bond donors (Lipinski definition) is 6. The van der Waals surface area contributed by atoms with Gasteiger partial charge in [0.05, 0.1) is 49.0 Å². The van der Waals surface area contributed by atoms with Crippen LogP contribution in [0, 0.1) is 6.92 Å². The number of hydrazine groups is 1. The number of hydrogen-bond acceptors (Lipinski definition) is 14. The minimum atomic E-state index is -5.00. The fraction of sp³-hybridized carbons (Fsp3) is 0.327. The minimum absolute atomic E-state index is 0.00531. The van der Waals surface area contributed by atoms with Crippen molar-refractivity contribution in [1.29, 1.82) is 0 Å². The number of carbonyl (C=O) groups is 2. The second-order valence-electron chi connectivity index (χ2n) is 17.2. The summed E-state index contributed by atoms with van der Waals surface area (Å²) in [5.74, 6) is -1.45. The first kappa shape index (κ1) is 59.5. The van der Waals surface area contributed by atoms with Gasteiger partial charge in [0, 0.05) is 28.9 Å². The van der Waals surface area contributed by atoms with Crippen LogP contribution in [0.15, 0.2) is 110 Å². The van der Waals surface area contributed by atoms with Crippen LogP contribution in [0.5, 0.6) is 23.0 Å². The minimum Gasteiger partial charge on any atom is -0.508 e. The highest BCUT2D eigenvalue weighted by atomic mass is 35.5. The van der Waals surface area contributed by atoms with E-state index < -0.39 is 71.0 Å². The van der Waals surface area contributed by atoms with Crippen molar-refractivity contribution in [2.45, 2.75) is 106 Å². The monoisotopic (exact) mass is 1180 g/mol. The standard InChI is InChI=1S/C49H53Cl4N7O13S3/c1-4-5-6-7-8-9-10-11-12-13-14-43(72-33-17-20-42(61)29(2)21-33)48(62)54-31-15-18-37(51)41(24-31)55-47-45(49(63)60(58-47)46-38(52)22-30(50)23-39(46)53)57-56-32-16-19-40(44(25-32)71-3)59-74(64)73-34-26-35(75(65,66)67)28-36(27-34)76(68,69)70/h15-28,43,45,59,61H,4-14H2,1-3H3,(H,54,62)(H,55,58)(H,65,66,67)(H,68,69,70). The molecule has 3 atom stereocenters. The number of nitrogens with zero attached hydrogens (tertiary/aromatic N) is 4. The first-order valence-electron chi connectivity index (χ1n) is 23.5. The highest BCUT2D eigenvalue weighted by molar-refractivity contribution is 7.86. The number of carbonyl (C=O) groups excluding carboxylic acids is 2. The topological polar surface area (TPSA) is 284 Å². The third kappa shape index (κ3) is 16.6. The van der Waals surface area contributed by atoms with E-state index in [9.17, 15) is 44.8 Å². The average Bonchev–Trinajstić information content (AvgIpc) is 3.65. The van der Waals surface area contributed by atoms with Crippen molar-refractivity contribution in [3.63, 3.8) is 0 Å². The number of unbranched alkanes of at least 4 members (excludes halogenated alkanes) is 9. The summed E-state index contributed by atoms with van der Waals surface area (Å²) >= 11 is 23.4. The Morgan fingerprint density at radius 1 is 0.803 bits per heavy atom. The van der Waals surface area contributed by atoms with Crippen LogP contribution in [0.25, 0.3) is 0 Å². The van der Waals surface area contributed by atoms with Crippen LogP contribution in [-0.4, -0.2) is 72.2 Å². The first-order chi connectivity index (χ1) is 36.0. The predicted octanol–water partition coefficient (Wildman–Crippen LogP) is 12.3. The zero-order chi connectivity index (χ0) is 55.3. The molecule has 408 valence electrons. The van der Waals surface area contributed by atoms with Gasteiger partial charge in [0.1, 0.15) is 28.7 Å². The molecule has 2 amide bonds. The van der Waals surface area contributed by atoms with Crippen LogP contribution < -0.4 is 34.1 Å². The Morgan fingerprint density at radius 2 is 1.43 bits per heavy atom. The molecule has 3 unspecified atom stereocenters. The Kier molecular flexibility index (Phi) is 21.1. The number of anilines is 3. The molecule has 0 aromatic heterocycles. The largest absolute Gasteiger partial charge is 0.508 e. The molecule has 6 rings (SSSR count). The maximum Gasteiger partial charge on any atom is 0.316 e. The molecule has 1 heterocycles. The van der Waals surface area contributed by atoms with Crippen LogP contribution in [0.2, 0.25) is 20.1 Å². The zero-order valence-corrected chi connectivity index (χ0v) is 46.4. The van der Waals surface area contributed by atoms with Crippen LogP contribution in [-0.2, 0) is 41.1 Å². The van der Waals surface area contributed by atoms with Crippen molar-refractivity contribution >= 4 is 124 Å². The highest BCUT2D eigenvalue weighted by Gasteiger charge is 2.41. The molecule has 0 aliphatic carbocycles. The second kappa shape index (κ2) is 27.0. The molecule has 1 saturated heterocycles. The number of aliphatic imine (C=N–C) groups is 1. The van der Waals surface area contributed by atoms with Crippen LogP contribution in [0.4, 0.5) is 28.4 Å². The summed E-state index contributed by atoms with van der Waals surface area (Å²) in [5, 5.41) is 22.9. The number of phenolic OH excluding ortho intramolecular Hbond substituents is 1. The highest BCUT2D eigenvalue weighted by Crippen LogP contribution is 2.39. The quantitative estimate of drug-likeness (QED) is 0.0171. The summed E-state index contributed by atoms with van der Waals surface area (Å²) < 4.78 is 98.3. The molecule has 1 aliphatic heterocycles. The molecule has 0 bridgehead atoms. The maximum atomic E-state index is 14.3. The second-order valence-corrected chi connectivity index (χ2v) is 22.5. The summed E-state index contributed by atoms with van der Waals surface area (Å²) in [7, 11) is -8.74. The van der Waals surface area contributed by atoms with Gasteiger partial charge in [0.25, 0.3) is 32.1 Å². The predicted molar refractivity (Wildman–Crippen MR) is 293 cm³/mol. The number of aryl methyl sites for hydroxylation is 1. The Morgan fingerprint density at radius 3 is 2.04 bits per heavy atom. The maximum absolute atomic E-state index is 14.3. The summed E-state index contributed by atoms with van der Waals surface area (Å²) in [6.45, 7) is 3.92. The van der Waals surface area contributed by atoms with Crippen molar-refractivity contribution in [3.8, 4) is 23.0 Å². The summed E-state index contributed by atoms with van der Waals surface area (Å²) in [5.41, 5.74) is 3.96. The van der Waals surface area contributed by atoms with Crippen molar-refractivity contribution in [3.05, 3.63) is 111 Å². The number of azo groups is 1. The Labute approximate surface area is 462 Å². The average molecular weight is 1190 g/mol. The lowest BCUT2D eigenvalue weighted by Gasteiger charge is -2.20. The van der Waals surface area contributed by atoms with Crippen molar-refractivity contribution in [2.24, 2.45) is 15.2 Å². The number of aromatic hydroxyl groups is 1. The van der Waals surface area contributed by atoms with Crippen LogP contribution in [0.3, 0.4) is 0 Å². The van der Waals surface area contributed by atoms with E-state index in [1.54, 1.807) is 25.1 Å². The Bertz CT molecular complexity index is 3190. The molecule has 0 radical (unpaired) electrons. The lowest BCUT2D eigenvalue weighted by atomic mass is 10.0. The Hall–Kier alpha value is -5.76. The number of phenols is 1. The van der Waals surface area contributed by atoms with Crippen LogP contribution in [0.1, 0.15) is 83.1 Å². The number of ether oxygens (including phenoxy) is 2. The number of benzene rings is 5. The number of amides is 2. The van der Waals surface area contributed by atoms with Gasteiger partial charge in [0.15, 0.2) is 11.9 Å². The summed E-state index contributed by atoms with van der Waals surface area (Å²) in [6, 6.07) is 16.4. The lowest BCUT2D eigenvalue weighted by molar-refractivity contribution is -0.123. The SMILES string of the molecule is CCCCCCCCCCCCC(Oc1ccc(O)c(C)c1)C(=O)Nc1ccc(Cl)c(N=C2NN(c3c(Cl)cc(Cl)cc3Cl)C(=O)C2N=Nc2ccc(NS(=O)Oc3cc(S(=O)(=O)O)cc(S(=O)(=O)O)c3)c(OC)c2)c1. The number of rotatable bonds is 26. The molecule has 0 spiro atoms.